The van der Waals surface area contributed by atoms with Crippen molar-refractivity contribution in [3.05, 3.63) is 0 Å². The molecule has 0 aromatic rings. The van der Waals surface area contributed by atoms with Crippen molar-refractivity contribution in [3.63, 3.8) is 0 Å². The third-order valence-corrected chi connectivity index (χ3v) is 4.08. The summed E-state index contributed by atoms with van der Waals surface area (Å²) < 4.78 is 0. The first-order valence-corrected chi connectivity index (χ1v) is 6.33. The zero-order chi connectivity index (χ0) is 9.97. The highest BCUT2D eigenvalue weighted by atomic mass is 15.3. The molecule has 2 fully saturated rings. The largest absolute Gasteiger partial charge is 0.298 e. The minimum Gasteiger partial charge on any atom is -0.298 e. The SMILES string of the molecule is CCC(CC)N1CCN2CCCC2C1. The summed E-state index contributed by atoms with van der Waals surface area (Å²) in [5.41, 5.74) is 0. The average molecular weight is 196 g/mol. The summed E-state index contributed by atoms with van der Waals surface area (Å²) in [5, 5.41) is 0. The summed E-state index contributed by atoms with van der Waals surface area (Å²) >= 11 is 0. The Hall–Kier alpha value is -0.0800. The van der Waals surface area contributed by atoms with E-state index in [1.165, 1.54) is 51.9 Å². The van der Waals surface area contributed by atoms with Crippen molar-refractivity contribution < 1.29 is 0 Å². The number of nitrogens with zero attached hydrogens (tertiary/aromatic N) is 2. The zero-order valence-electron chi connectivity index (χ0n) is 9.71. The van der Waals surface area contributed by atoms with E-state index in [0.29, 0.717) is 0 Å². The van der Waals surface area contributed by atoms with Gasteiger partial charge in [0.15, 0.2) is 0 Å². The molecule has 0 saturated carbocycles. The van der Waals surface area contributed by atoms with Gasteiger partial charge < -0.3 is 0 Å². The summed E-state index contributed by atoms with van der Waals surface area (Å²) in [6.07, 6.45) is 5.52. The fourth-order valence-electron chi connectivity index (χ4n) is 3.15. The van der Waals surface area contributed by atoms with Crippen molar-refractivity contribution in [1.29, 1.82) is 0 Å². The molecule has 82 valence electrons. The van der Waals surface area contributed by atoms with E-state index in [9.17, 15) is 0 Å². The van der Waals surface area contributed by atoms with Crippen molar-refractivity contribution in [2.45, 2.75) is 51.6 Å². The quantitative estimate of drug-likeness (QED) is 0.681. The molecule has 0 spiro atoms. The zero-order valence-corrected chi connectivity index (χ0v) is 9.71. The van der Waals surface area contributed by atoms with Gasteiger partial charge in [0.1, 0.15) is 0 Å². The van der Waals surface area contributed by atoms with Crippen molar-refractivity contribution in [2.75, 3.05) is 26.2 Å². The van der Waals surface area contributed by atoms with Gasteiger partial charge in [0, 0.05) is 31.7 Å². The minimum absolute atomic E-state index is 0.845. The van der Waals surface area contributed by atoms with E-state index in [4.69, 9.17) is 0 Å². The number of fused-ring (bicyclic) bond motifs is 1. The Morgan fingerprint density at radius 1 is 1.14 bits per heavy atom. The van der Waals surface area contributed by atoms with Gasteiger partial charge in [-0.2, -0.15) is 0 Å². The van der Waals surface area contributed by atoms with Gasteiger partial charge in [-0.05, 0) is 32.2 Å². The third kappa shape index (κ3) is 1.96. The maximum absolute atomic E-state index is 2.73. The number of piperazine rings is 1. The van der Waals surface area contributed by atoms with Gasteiger partial charge in [-0.1, -0.05) is 13.8 Å². The fourth-order valence-corrected chi connectivity index (χ4v) is 3.15. The van der Waals surface area contributed by atoms with Gasteiger partial charge in [0.2, 0.25) is 0 Å². The second kappa shape index (κ2) is 4.63. The number of hydrogen-bond donors (Lipinski definition) is 0. The van der Waals surface area contributed by atoms with E-state index in [1.807, 2.05) is 0 Å². The molecule has 2 aliphatic rings. The van der Waals surface area contributed by atoms with Crippen LogP contribution >= 0.6 is 0 Å². The van der Waals surface area contributed by atoms with Crippen LogP contribution in [0.15, 0.2) is 0 Å². The Morgan fingerprint density at radius 2 is 1.93 bits per heavy atom. The highest BCUT2D eigenvalue weighted by molar-refractivity contribution is 4.88. The van der Waals surface area contributed by atoms with E-state index < -0.39 is 0 Å². The lowest BCUT2D eigenvalue weighted by Gasteiger charge is -2.41. The van der Waals surface area contributed by atoms with Crippen LogP contribution in [-0.4, -0.2) is 48.1 Å². The summed E-state index contributed by atoms with van der Waals surface area (Å²) in [7, 11) is 0. The predicted molar refractivity (Wildman–Crippen MR) is 60.5 cm³/mol. The molecular formula is C12H24N2. The van der Waals surface area contributed by atoms with E-state index in [-0.39, 0.29) is 0 Å². The highest BCUT2D eigenvalue weighted by Gasteiger charge is 2.32. The lowest BCUT2D eigenvalue weighted by Crippen LogP contribution is -2.53. The molecule has 2 heterocycles. The smallest absolute Gasteiger partial charge is 0.0224 e. The van der Waals surface area contributed by atoms with Gasteiger partial charge >= 0.3 is 0 Å². The molecular weight excluding hydrogens is 172 g/mol. The second-order valence-electron chi connectivity index (χ2n) is 4.80. The lowest BCUT2D eigenvalue weighted by molar-refractivity contribution is 0.0684. The molecule has 0 N–H and O–H groups in total. The molecule has 0 bridgehead atoms. The first-order chi connectivity index (χ1) is 6.85. The molecule has 2 heteroatoms. The maximum Gasteiger partial charge on any atom is 0.0224 e. The van der Waals surface area contributed by atoms with Crippen LogP contribution in [0.4, 0.5) is 0 Å². The van der Waals surface area contributed by atoms with Crippen molar-refractivity contribution in [3.8, 4) is 0 Å². The van der Waals surface area contributed by atoms with Gasteiger partial charge in [-0.3, -0.25) is 9.80 Å². The Kier molecular flexibility index (Phi) is 3.45. The minimum atomic E-state index is 0.845. The molecule has 1 unspecified atom stereocenters. The van der Waals surface area contributed by atoms with Crippen LogP contribution in [0.1, 0.15) is 39.5 Å². The maximum atomic E-state index is 2.73. The lowest BCUT2D eigenvalue weighted by atomic mass is 10.1. The predicted octanol–water partition coefficient (Wildman–Crippen LogP) is 1.96. The van der Waals surface area contributed by atoms with Gasteiger partial charge in [-0.15, -0.1) is 0 Å². The van der Waals surface area contributed by atoms with Crippen LogP contribution in [0.5, 0.6) is 0 Å². The summed E-state index contributed by atoms with van der Waals surface area (Å²) in [4.78, 5) is 5.42. The van der Waals surface area contributed by atoms with Crippen molar-refractivity contribution in [1.82, 2.24) is 9.80 Å². The topological polar surface area (TPSA) is 6.48 Å². The van der Waals surface area contributed by atoms with Crippen LogP contribution in [0.3, 0.4) is 0 Å². The molecule has 2 saturated heterocycles. The molecule has 0 aromatic carbocycles. The third-order valence-electron chi connectivity index (χ3n) is 4.08. The number of hydrogen-bond acceptors (Lipinski definition) is 2. The number of rotatable bonds is 3. The Bertz CT molecular complexity index is 177. The van der Waals surface area contributed by atoms with Crippen LogP contribution in [0, 0.1) is 0 Å². The standard InChI is InChI=1S/C12H24N2/c1-3-11(4-2)14-9-8-13-7-5-6-12(13)10-14/h11-12H,3-10H2,1-2H3. The second-order valence-corrected chi connectivity index (χ2v) is 4.80. The Balaban J connectivity index is 1.90. The molecule has 2 rings (SSSR count). The summed E-state index contributed by atoms with van der Waals surface area (Å²) in [6, 6.07) is 1.74. The van der Waals surface area contributed by atoms with Crippen LogP contribution < -0.4 is 0 Å². The molecule has 0 aromatic heterocycles. The molecule has 2 aliphatic heterocycles. The van der Waals surface area contributed by atoms with Gasteiger partial charge in [0.25, 0.3) is 0 Å². The normalized spacial score (nSPS) is 29.8. The van der Waals surface area contributed by atoms with E-state index in [2.05, 4.69) is 23.6 Å². The molecule has 14 heavy (non-hydrogen) atoms. The molecule has 1 atom stereocenters. The Labute approximate surface area is 88.3 Å². The van der Waals surface area contributed by atoms with E-state index >= 15 is 0 Å². The van der Waals surface area contributed by atoms with Gasteiger partial charge in [-0.25, -0.2) is 0 Å². The molecule has 2 nitrogen and oxygen atoms in total. The average Bonchev–Trinajstić information content (AvgIpc) is 2.66. The first-order valence-electron chi connectivity index (χ1n) is 6.33. The highest BCUT2D eigenvalue weighted by Crippen LogP contribution is 2.23. The first kappa shape index (κ1) is 10.4. The summed E-state index contributed by atoms with van der Waals surface area (Å²) in [6.45, 7) is 9.99. The summed E-state index contributed by atoms with van der Waals surface area (Å²) in [5.74, 6) is 0. The fraction of sp³-hybridized carbons (Fsp3) is 1.00. The molecule has 0 amide bonds. The van der Waals surface area contributed by atoms with Crippen molar-refractivity contribution in [2.24, 2.45) is 0 Å². The van der Waals surface area contributed by atoms with Gasteiger partial charge in [0.05, 0.1) is 0 Å². The van der Waals surface area contributed by atoms with Crippen LogP contribution in [-0.2, 0) is 0 Å². The monoisotopic (exact) mass is 196 g/mol. The Morgan fingerprint density at radius 3 is 2.64 bits per heavy atom. The van der Waals surface area contributed by atoms with Crippen LogP contribution in [0.2, 0.25) is 0 Å². The van der Waals surface area contributed by atoms with E-state index in [1.54, 1.807) is 0 Å². The van der Waals surface area contributed by atoms with Crippen LogP contribution in [0.25, 0.3) is 0 Å². The molecule has 0 radical (unpaired) electrons. The van der Waals surface area contributed by atoms with Crippen molar-refractivity contribution >= 4 is 0 Å². The molecule has 0 aliphatic carbocycles. The van der Waals surface area contributed by atoms with E-state index in [0.717, 1.165) is 12.1 Å².